The van der Waals surface area contributed by atoms with Crippen LogP contribution < -0.4 is 4.74 Å². The second kappa shape index (κ2) is 5.94. The van der Waals surface area contributed by atoms with Crippen LogP contribution in [0.25, 0.3) is 0 Å². The fourth-order valence-electron chi connectivity index (χ4n) is 1.24. The minimum Gasteiger partial charge on any atom is -0.478 e. The zero-order valence-electron chi connectivity index (χ0n) is 9.21. The summed E-state index contributed by atoms with van der Waals surface area (Å²) >= 11 is 15.1. The van der Waals surface area contributed by atoms with Crippen LogP contribution in [0.3, 0.4) is 0 Å². The largest absolute Gasteiger partial charge is 0.478 e. The molecule has 6 heteroatoms. The summed E-state index contributed by atoms with van der Waals surface area (Å²) in [6.07, 6.45) is -0.980. The lowest BCUT2D eigenvalue weighted by Gasteiger charge is -2.20. The van der Waals surface area contributed by atoms with E-state index in [-0.39, 0.29) is 21.7 Å². The van der Waals surface area contributed by atoms with Gasteiger partial charge in [-0.3, -0.25) is 0 Å². The van der Waals surface area contributed by atoms with E-state index in [1.54, 1.807) is 26.0 Å². The Morgan fingerprint density at radius 2 is 1.82 bits per heavy atom. The molecular formula is C11H11BrCl2O3. The molecule has 1 atom stereocenters. The molecular weight excluding hydrogens is 331 g/mol. The topological polar surface area (TPSA) is 46.5 Å². The van der Waals surface area contributed by atoms with Crippen molar-refractivity contribution in [2.24, 2.45) is 5.92 Å². The van der Waals surface area contributed by atoms with Crippen molar-refractivity contribution in [3.8, 4) is 5.75 Å². The highest BCUT2D eigenvalue weighted by Crippen LogP contribution is 2.37. The lowest BCUT2D eigenvalue weighted by atomic mass is 10.1. The highest BCUT2D eigenvalue weighted by molar-refractivity contribution is 9.10. The number of rotatable bonds is 4. The molecule has 0 amide bonds. The van der Waals surface area contributed by atoms with E-state index in [0.717, 1.165) is 0 Å². The SMILES string of the molecule is CC(C)C(Oc1c(Cl)cc(Br)cc1Cl)C(=O)O. The number of ether oxygens (including phenoxy) is 1. The van der Waals surface area contributed by atoms with Crippen molar-refractivity contribution in [1.29, 1.82) is 0 Å². The van der Waals surface area contributed by atoms with Crippen molar-refractivity contribution < 1.29 is 14.6 Å². The number of halogens is 3. The normalized spacial score (nSPS) is 12.6. The molecule has 1 aromatic carbocycles. The Morgan fingerprint density at radius 3 is 2.18 bits per heavy atom. The molecule has 0 saturated carbocycles. The van der Waals surface area contributed by atoms with E-state index in [2.05, 4.69) is 15.9 Å². The zero-order chi connectivity index (χ0) is 13.2. The van der Waals surface area contributed by atoms with E-state index < -0.39 is 12.1 Å². The molecule has 17 heavy (non-hydrogen) atoms. The van der Waals surface area contributed by atoms with E-state index in [1.807, 2.05) is 0 Å². The van der Waals surface area contributed by atoms with Gasteiger partial charge in [0.15, 0.2) is 11.9 Å². The Labute approximate surface area is 118 Å². The van der Waals surface area contributed by atoms with Crippen molar-refractivity contribution >= 4 is 45.1 Å². The highest BCUT2D eigenvalue weighted by Gasteiger charge is 2.25. The first-order valence-electron chi connectivity index (χ1n) is 4.87. The molecule has 94 valence electrons. The molecule has 0 fully saturated rings. The Hall–Kier alpha value is -0.450. The van der Waals surface area contributed by atoms with Gasteiger partial charge in [-0.2, -0.15) is 0 Å². The highest BCUT2D eigenvalue weighted by atomic mass is 79.9. The van der Waals surface area contributed by atoms with Gasteiger partial charge in [0, 0.05) is 10.4 Å². The summed E-state index contributed by atoms with van der Waals surface area (Å²) in [6.45, 7) is 3.50. The van der Waals surface area contributed by atoms with E-state index in [9.17, 15) is 4.79 Å². The van der Waals surface area contributed by atoms with Crippen molar-refractivity contribution in [2.75, 3.05) is 0 Å². The van der Waals surface area contributed by atoms with Gasteiger partial charge in [0.25, 0.3) is 0 Å². The Kier molecular flexibility index (Phi) is 5.10. The summed E-state index contributed by atoms with van der Waals surface area (Å²) in [7, 11) is 0. The van der Waals surface area contributed by atoms with Gasteiger partial charge in [-0.25, -0.2) is 4.79 Å². The van der Waals surface area contributed by atoms with Gasteiger partial charge in [-0.05, 0) is 12.1 Å². The fourth-order valence-corrected chi connectivity index (χ4v) is 2.54. The number of carboxylic acid groups (broad SMARTS) is 1. The molecule has 0 heterocycles. The van der Waals surface area contributed by atoms with E-state index in [4.69, 9.17) is 33.0 Å². The van der Waals surface area contributed by atoms with Gasteiger partial charge >= 0.3 is 5.97 Å². The second-order valence-electron chi connectivity index (χ2n) is 3.82. The Balaban J connectivity index is 3.05. The van der Waals surface area contributed by atoms with Gasteiger partial charge in [0.1, 0.15) is 0 Å². The Morgan fingerprint density at radius 1 is 1.35 bits per heavy atom. The minimum absolute atomic E-state index is 0.191. The molecule has 3 nitrogen and oxygen atoms in total. The summed E-state index contributed by atoms with van der Waals surface area (Å²) < 4.78 is 6.07. The number of hydrogen-bond donors (Lipinski definition) is 1. The van der Waals surface area contributed by atoms with Crippen LogP contribution >= 0.6 is 39.1 Å². The van der Waals surface area contributed by atoms with Crippen LogP contribution in [0, 0.1) is 5.92 Å². The van der Waals surface area contributed by atoms with Gasteiger partial charge < -0.3 is 9.84 Å². The molecule has 0 saturated heterocycles. The van der Waals surface area contributed by atoms with Crippen LogP contribution in [-0.2, 0) is 4.79 Å². The summed E-state index contributed by atoms with van der Waals surface area (Å²) in [5.74, 6) is -1.05. The zero-order valence-corrected chi connectivity index (χ0v) is 12.3. The van der Waals surface area contributed by atoms with Crippen molar-refractivity contribution in [3.63, 3.8) is 0 Å². The number of carbonyl (C=O) groups is 1. The summed E-state index contributed by atoms with van der Waals surface area (Å²) in [5, 5.41) is 9.57. The molecule has 0 bridgehead atoms. The molecule has 1 N–H and O–H groups in total. The van der Waals surface area contributed by atoms with E-state index in [0.29, 0.717) is 4.47 Å². The quantitative estimate of drug-likeness (QED) is 0.890. The monoisotopic (exact) mass is 340 g/mol. The third-order valence-corrected chi connectivity index (χ3v) is 3.08. The predicted molar refractivity (Wildman–Crippen MR) is 71.1 cm³/mol. The molecule has 0 aromatic heterocycles. The lowest BCUT2D eigenvalue weighted by molar-refractivity contribution is -0.147. The van der Waals surface area contributed by atoms with Gasteiger partial charge in [-0.15, -0.1) is 0 Å². The standard InChI is InChI=1S/C11H11BrCl2O3/c1-5(2)9(11(15)16)17-10-7(13)3-6(12)4-8(10)14/h3-5,9H,1-2H3,(H,15,16). The first-order chi connectivity index (χ1) is 7.82. The Bertz CT molecular complexity index is 412. The number of benzene rings is 1. The third kappa shape index (κ3) is 3.76. The average Bonchev–Trinajstić information content (AvgIpc) is 2.14. The van der Waals surface area contributed by atoms with Gasteiger partial charge in [-0.1, -0.05) is 53.0 Å². The maximum Gasteiger partial charge on any atom is 0.345 e. The summed E-state index contributed by atoms with van der Waals surface area (Å²) in [5.41, 5.74) is 0. The van der Waals surface area contributed by atoms with Gasteiger partial charge in [0.05, 0.1) is 10.0 Å². The molecule has 0 aliphatic heterocycles. The molecule has 0 radical (unpaired) electrons. The second-order valence-corrected chi connectivity index (χ2v) is 5.55. The van der Waals surface area contributed by atoms with Crippen molar-refractivity contribution in [1.82, 2.24) is 0 Å². The molecule has 1 unspecified atom stereocenters. The van der Waals surface area contributed by atoms with E-state index >= 15 is 0 Å². The number of aliphatic carboxylic acids is 1. The first-order valence-corrected chi connectivity index (χ1v) is 6.41. The number of hydrogen-bond acceptors (Lipinski definition) is 2. The van der Waals surface area contributed by atoms with Crippen molar-refractivity contribution in [2.45, 2.75) is 20.0 Å². The predicted octanol–water partition coefficient (Wildman–Crippen LogP) is 4.24. The maximum absolute atomic E-state index is 11.0. The van der Waals surface area contributed by atoms with E-state index in [1.165, 1.54) is 0 Å². The van der Waals surface area contributed by atoms with Gasteiger partial charge in [0.2, 0.25) is 0 Å². The summed E-state index contributed by atoms with van der Waals surface area (Å²) in [6, 6.07) is 3.20. The maximum atomic E-state index is 11.0. The lowest BCUT2D eigenvalue weighted by Crippen LogP contribution is -2.32. The molecule has 0 aliphatic rings. The minimum atomic E-state index is -1.05. The van der Waals surface area contributed by atoms with Crippen LogP contribution in [0.1, 0.15) is 13.8 Å². The third-order valence-electron chi connectivity index (χ3n) is 2.06. The van der Waals surface area contributed by atoms with Crippen LogP contribution in [0.5, 0.6) is 5.75 Å². The smallest absolute Gasteiger partial charge is 0.345 e. The summed E-state index contributed by atoms with van der Waals surface area (Å²) in [4.78, 5) is 11.0. The van der Waals surface area contributed by atoms with Crippen LogP contribution in [0.2, 0.25) is 10.0 Å². The average molecular weight is 342 g/mol. The molecule has 0 spiro atoms. The molecule has 1 aromatic rings. The number of carboxylic acids is 1. The van der Waals surface area contributed by atoms with Crippen LogP contribution in [-0.4, -0.2) is 17.2 Å². The van der Waals surface area contributed by atoms with Crippen LogP contribution in [0.4, 0.5) is 0 Å². The fraction of sp³-hybridized carbons (Fsp3) is 0.364. The van der Waals surface area contributed by atoms with Crippen molar-refractivity contribution in [3.05, 3.63) is 26.7 Å². The molecule has 0 aliphatic carbocycles. The van der Waals surface area contributed by atoms with Crippen LogP contribution in [0.15, 0.2) is 16.6 Å². The molecule has 1 rings (SSSR count). The first kappa shape index (κ1) is 14.6.